The number of ketones is 1. The van der Waals surface area contributed by atoms with Crippen molar-refractivity contribution in [1.29, 1.82) is 0 Å². The van der Waals surface area contributed by atoms with Crippen LogP contribution in [-0.2, 0) is 29.1 Å². The molecule has 34 heavy (non-hydrogen) atoms. The summed E-state index contributed by atoms with van der Waals surface area (Å²) in [7, 11) is 0. The predicted octanol–water partition coefficient (Wildman–Crippen LogP) is 5.38. The lowest BCUT2D eigenvalue weighted by atomic mass is 9.78. The second kappa shape index (κ2) is 10.9. The van der Waals surface area contributed by atoms with Crippen molar-refractivity contribution < 1.29 is 19.5 Å². The van der Waals surface area contributed by atoms with Gasteiger partial charge in [0.15, 0.2) is 0 Å². The molecule has 1 N–H and O–H groups in total. The number of carbonyl (C=O) groups excluding carboxylic acids is 2. The zero-order chi connectivity index (χ0) is 23.9. The highest BCUT2D eigenvalue weighted by molar-refractivity contribution is 6.40. The van der Waals surface area contributed by atoms with E-state index >= 15 is 0 Å². The van der Waals surface area contributed by atoms with Gasteiger partial charge in [-0.1, -0.05) is 78.9 Å². The van der Waals surface area contributed by atoms with E-state index in [9.17, 15) is 19.5 Å². The maximum absolute atomic E-state index is 13.4. The van der Waals surface area contributed by atoms with Crippen LogP contribution >= 0.6 is 0 Å². The van der Waals surface area contributed by atoms with Gasteiger partial charge in [-0.15, -0.1) is 0 Å². The van der Waals surface area contributed by atoms with Crippen molar-refractivity contribution >= 4 is 17.7 Å². The monoisotopic (exact) mass is 455 g/mol. The highest BCUT2D eigenvalue weighted by Gasteiger charge is 2.27. The van der Waals surface area contributed by atoms with E-state index in [0.717, 1.165) is 35.1 Å². The van der Waals surface area contributed by atoms with Crippen LogP contribution in [0.2, 0.25) is 0 Å². The standard InChI is InChI=1S/C29H29NO4/c31-27(30(19-21-9-3-1-4-10-21)20-22-11-5-2-6-12-22)18-17-23-13-7-15-25-24(23)14-8-16-26(25)28(32)29(33)34/h1-6,8-12,14,16,23H,7,13,15,17-20H2,(H,33,34). The lowest BCUT2D eigenvalue weighted by Crippen LogP contribution is -2.30. The summed E-state index contributed by atoms with van der Waals surface area (Å²) >= 11 is 0. The molecule has 3 aromatic carbocycles. The molecule has 0 fully saturated rings. The van der Waals surface area contributed by atoms with Gasteiger partial charge in [0.25, 0.3) is 5.78 Å². The number of carbonyl (C=O) groups is 3. The molecule has 5 heteroatoms. The van der Waals surface area contributed by atoms with E-state index < -0.39 is 11.8 Å². The number of hydrogen-bond donors (Lipinski definition) is 1. The van der Waals surface area contributed by atoms with Crippen LogP contribution < -0.4 is 0 Å². The van der Waals surface area contributed by atoms with Crippen LogP contribution in [0.3, 0.4) is 0 Å². The minimum absolute atomic E-state index is 0.0950. The molecule has 0 aromatic heterocycles. The number of hydrogen-bond acceptors (Lipinski definition) is 3. The molecule has 4 rings (SSSR count). The molecular weight excluding hydrogens is 426 g/mol. The van der Waals surface area contributed by atoms with Crippen LogP contribution in [0.25, 0.3) is 0 Å². The molecule has 0 heterocycles. The molecule has 0 spiro atoms. The van der Waals surface area contributed by atoms with E-state index in [1.165, 1.54) is 0 Å². The fourth-order valence-corrected chi connectivity index (χ4v) is 4.87. The highest BCUT2D eigenvalue weighted by Crippen LogP contribution is 2.36. The number of nitrogens with zero attached hydrogens (tertiary/aromatic N) is 1. The third kappa shape index (κ3) is 5.60. The molecule has 0 saturated heterocycles. The quantitative estimate of drug-likeness (QED) is 0.347. The van der Waals surface area contributed by atoms with Gasteiger partial charge in [-0.2, -0.15) is 0 Å². The van der Waals surface area contributed by atoms with Crippen LogP contribution in [0.4, 0.5) is 0 Å². The summed E-state index contributed by atoms with van der Waals surface area (Å²) in [5, 5.41) is 9.18. The Balaban J connectivity index is 1.49. The first-order chi connectivity index (χ1) is 16.5. The molecular formula is C29H29NO4. The molecule has 174 valence electrons. The first kappa shape index (κ1) is 23.4. The Hall–Kier alpha value is -3.73. The van der Waals surface area contributed by atoms with Crippen LogP contribution in [0, 0.1) is 0 Å². The van der Waals surface area contributed by atoms with Crippen molar-refractivity contribution in [3.8, 4) is 0 Å². The molecule has 1 aliphatic carbocycles. The fraction of sp³-hybridized carbons (Fsp3) is 0.276. The summed E-state index contributed by atoms with van der Waals surface area (Å²) < 4.78 is 0. The third-order valence-electron chi connectivity index (χ3n) is 6.56. The number of benzene rings is 3. The molecule has 0 saturated carbocycles. The lowest BCUT2D eigenvalue weighted by molar-refractivity contribution is -0.133. The molecule has 3 aromatic rings. The molecule has 1 unspecified atom stereocenters. The van der Waals surface area contributed by atoms with Gasteiger partial charge >= 0.3 is 5.97 Å². The first-order valence-electron chi connectivity index (χ1n) is 11.8. The van der Waals surface area contributed by atoms with Crippen LogP contribution in [0.1, 0.15) is 64.2 Å². The van der Waals surface area contributed by atoms with E-state index in [-0.39, 0.29) is 17.4 Å². The van der Waals surface area contributed by atoms with Gasteiger partial charge < -0.3 is 10.0 Å². The van der Waals surface area contributed by atoms with Crippen molar-refractivity contribution in [2.45, 2.75) is 51.1 Å². The molecule has 5 nitrogen and oxygen atoms in total. The van der Waals surface area contributed by atoms with Crippen molar-refractivity contribution in [1.82, 2.24) is 4.90 Å². The molecule has 0 bridgehead atoms. The minimum atomic E-state index is -1.43. The Labute approximate surface area is 200 Å². The predicted molar refractivity (Wildman–Crippen MR) is 130 cm³/mol. The Morgan fingerprint density at radius 3 is 2.03 bits per heavy atom. The summed E-state index contributed by atoms with van der Waals surface area (Å²) in [6, 6.07) is 25.3. The summed E-state index contributed by atoms with van der Waals surface area (Å²) in [6.07, 6.45) is 3.59. The fourth-order valence-electron chi connectivity index (χ4n) is 4.87. The van der Waals surface area contributed by atoms with Gasteiger partial charge in [0.05, 0.1) is 0 Å². The van der Waals surface area contributed by atoms with E-state index in [1.54, 1.807) is 12.1 Å². The summed E-state index contributed by atoms with van der Waals surface area (Å²) in [6.45, 7) is 1.10. The zero-order valence-electron chi connectivity index (χ0n) is 19.2. The number of rotatable bonds is 9. The SMILES string of the molecule is O=C(O)C(=O)c1cccc2c1CCCC2CCC(=O)N(Cc1ccccc1)Cc1ccccc1. The molecule has 1 amide bonds. The van der Waals surface area contributed by atoms with E-state index in [4.69, 9.17) is 0 Å². The third-order valence-corrected chi connectivity index (χ3v) is 6.56. The van der Waals surface area contributed by atoms with Gasteiger partial charge in [-0.3, -0.25) is 9.59 Å². The Morgan fingerprint density at radius 1 is 0.824 bits per heavy atom. The average Bonchev–Trinajstić information content (AvgIpc) is 2.87. The number of amides is 1. The van der Waals surface area contributed by atoms with Gasteiger partial charge in [-0.05, 0) is 53.9 Å². The van der Waals surface area contributed by atoms with Gasteiger partial charge in [0.1, 0.15) is 0 Å². The van der Waals surface area contributed by atoms with Crippen LogP contribution in [0.5, 0.6) is 0 Å². The maximum Gasteiger partial charge on any atom is 0.377 e. The Bertz CT molecular complexity index is 1120. The van der Waals surface area contributed by atoms with Gasteiger partial charge in [0, 0.05) is 25.1 Å². The highest BCUT2D eigenvalue weighted by atomic mass is 16.4. The second-order valence-electron chi connectivity index (χ2n) is 8.86. The normalized spacial score (nSPS) is 14.8. The molecule has 1 aliphatic rings. The average molecular weight is 456 g/mol. The van der Waals surface area contributed by atoms with Crippen molar-refractivity contribution in [2.75, 3.05) is 0 Å². The van der Waals surface area contributed by atoms with Crippen LogP contribution in [-0.4, -0.2) is 27.7 Å². The van der Waals surface area contributed by atoms with E-state index in [0.29, 0.717) is 32.4 Å². The number of Topliss-reactive ketones (excluding diaryl/α,β-unsaturated/α-hetero) is 1. The van der Waals surface area contributed by atoms with Gasteiger partial charge in [0.2, 0.25) is 5.91 Å². The van der Waals surface area contributed by atoms with Crippen LogP contribution in [0.15, 0.2) is 78.9 Å². The first-order valence-corrected chi connectivity index (χ1v) is 11.8. The minimum Gasteiger partial charge on any atom is -0.475 e. The topological polar surface area (TPSA) is 74.7 Å². The zero-order valence-corrected chi connectivity index (χ0v) is 19.2. The number of fused-ring (bicyclic) bond motifs is 1. The summed E-state index contributed by atoms with van der Waals surface area (Å²) in [5.41, 5.74) is 4.32. The number of aliphatic carboxylic acids is 1. The summed E-state index contributed by atoms with van der Waals surface area (Å²) in [4.78, 5) is 38.7. The smallest absolute Gasteiger partial charge is 0.377 e. The van der Waals surface area contributed by atoms with Gasteiger partial charge in [-0.25, -0.2) is 4.79 Å². The molecule has 0 radical (unpaired) electrons. The molecule has 1 atom stereocenters. The second-order valence-corrected chi connectivity index (χ2v) is 8.86. The van der Waals surface area contributed by atoms with E-state index in [2.05, 4.69) is 0 Å². The van der Waals surface area contributed by atoms with Crippen molar-refractivity contribution in [3.05, 3.63) is 107 Å². The summed E-state index contributed by atoms with van der Waals surface area (Å²) in [5.74, 6) is -2.05. The number of carboxylic acid groups (broad SMARTS) is 1. The van der Waals surface area contributed by atoms with E-state index in [1.807, 2.05) is 71.6 Å². The molecule has 0 aliphatic heterocycles. The number of carboxylic acids is 1. The van der Waals surface area contributed by atoms with Crippen molar-refractivity contribution in [3.63, 3.8) is 0 Å². The Morgan fingerprint density at radius 2 is 1.44 bits per heavy atom. The lowest BCUT2D eigenvalue weighted by Gasteiger charge is -2.28. The largest absolute Gasteiger partial charge is 0.475 e. The van der Waals surface area contributed by atoms with Crippen molar-refractivity contribution in [2.24, 2.45) is 0 Å². The maximum atomic E-state index is 13.4. The Kier molecular flexibility index (Phi) is 7.53.